The number of nitrogens with two attached hydrogens (primary N) is 1. The number of para-hydroxylation sites is 1. The van der Waals surface area contributed by atoms with Crippen molar-refractivity contribution in [2.75, 3.05) is 0 Å². The van der Waals surface area contributed by atoms with E-state index in [1.165, 1.54) is 12.1 Å². The summed E-state index contributed by atoms with van der Waals surface area (Å²) in [7, 11) is 0. The summed E-state index contributed by atoms with van der Waals surface area (Å²) in [6, 6.07) is 30.3. The van der Waals surface area contributed by atoms with Crippen LogP contribution in [-0.2, 0) is 0 Å². The van der Waals surface area contributed by atoms with Gasteiger partial charge in [0, 0.05) is 27.5 Å². The van der Waals surface area contributed by atoms with Crippen molar-refractivity contribution in [1.82, 2.24) is 19.5 Å². The summed E-state index contributed by atoms with van der Waals surface area (Å²) in [5, 5.41) is 2.20. The maximum atomic E-state index is 14.0. The zero-order valence-corrected chi connectivity index (χ0v) is 19.6. The van der Waals surface area contributed by atoms with Crippen molar-refractivity contribution in [3.63, 3.8) is 0 Å². The summed E-state index contributed by atoms with van der Waals surface area (Å²) in [5.41, 5.74) is 10.7. The molecule has 5 nitrogen and oxygen atoms in total. The third-order valence-electron chi connectivity index (χ3n) is 6.24. The van der Waals surface area contributed by atoms with Gasteiger partial charge in [-0.15, -0.1) is 0 Å². The molecular weight excluding hydrogens is 449 g/mol. The highest BCUT2D eigenvalue weighted by Crippen LogP contribution is 2.34. The minimum absolute atomic E-state index is 0.344. The molecule has 0 saturated heterocycles. The fraction of sp³-hybridized carbons (Fsp3) is 0.0333. The van der Waals surface area contributed by atoms with Gasteiger partial charge in [-0.1, -0.05) is 72.8 Å². The molecule has 0 unspecified atom stereocenters. The van der Waals surface area contributed by atoms with E-state index < -0.39 is 0 Å². The van der Waals surface area contributed by atoms with Gasteiger partial charge in [0.1, 0.15) is 11.6 Å². The molecule has 6 heteroatoms. The van der Waals surface area contributed by atoms with Gasteiger partial charge in [-0.2, -0.15) is 0 Å². The summed E-state index contributed by atoms with van der Waals surface area (Å²) < 4.78 is 16.1. The first kappa shape index (κ1) is 21.7. The highest BCUT2D eigenvalue weighted by molar-refractivity contribution is 6.10. The summed E-state index contributed by atoms with van der Waals surface area (Å²) in [6.07, 6.45) is 1.89. The summed E-state index contributed by atoms with van der Waals surface area (Å²) in [4.78, 5) is 14.2. The molecule has 2 heterocycles. The Bertz CT molecular complexity index is 1770. The molecule has 0 aliphatic heterocycles. The van der Waals surface area contributed by atoms with E-state index in [0.717, 1.165) is 32.9 Å². The zero-order valence-electron chi connectivity index (χ0n) is 19.6. The monoisotopic (exact) mass is 471 g/mol. The van der Waals surface area contributed by atoms with Gasteiger partial charge in [0.2, 0.25) is 0 Å². The Kier molecular flexibility index (Phi) is 5.26. The van der Waals surface area contributed by atoms with Crippen molar-refractivity contribution in [3.05, 3.63) is 109 Å². The Labute approximate surface area is 207 Å². The lowest BCUT2D eigenvalue weighted by atomic mass is 10.1. The smallest absolute Gasteiger partial charge is 0.164 e. The average molecular weight is 472 g/mol. The van der Waals surface area contributed by atoms with Crippen LogP contribution >= 0.6 is 0 Å². The second kappa shape index (κ2) is 8.74. The van der Waals surface area contributed by atoms with Gasteiger partial charge in [-0.3, -0.25) is 4.57 Å². The van der Waals surface area contributed by atoms with Crippen LogP contribution in [0.15, 0.2) is 103 Å². The highest BCUT2D eigenvalue weighted by atomic mass is 19.1. The molecule has 0 aliphatic rings. The highest BCUT2D eigenvalue weighted by Gasteiger charge is 2.16. The number of hydrogen-bond donors (Lipinski definition) is 1. The lowest BCUT2D eigenvalue weighted by molar-refractivity contribution is 0.628. The van der Waals surface area contributed by atoms with E-state index in [1.807, 2.05) is 72.2 Å². The van der Waals surface area contributed by atoms with Crippen LogP contribution < -0.4 is 5.73 Å². The van der Waals surface area contributed by atoms with Gasteiger partial charge in [-0.25, -0.2) is 19.3 Å². The molecule has 0 amide bonds. The molecular formula is C30H22FN5. The third kappa shape index (κ3) is 3.69. The van der Waals surface area contributed by atoms with Crippen LogP contribution in [0.1, 0.15) is 6.92 Å². The number of allylic oxidation sites excluding steroid dienone is 1. The molecule has 0 atom stereocenters. The molecule has 6 rings (SSSR count). The number of rotatable bonds is 4. The number of halogens is 1. The van der Waals surface area contributed by atoms with Crippen LogP contribution in [-0.4, -0.2) is 19.5 Å². The van der Waals surface area contributed by atoms with Crippen molar-refractivity contribution in [1.29, 1.82) is 0 Å². The molecule has 0 spiro atoms. The molecule has 0 radical (unpaired) electrons. The van der Waals surface area contributed by atoms with Gasteiger partial charge in [0.25, 0.3) is 0 Å². The van der Waals surface area contributed by atoms with Crippen molar-refractivity contribution in [2.45, 2.75) is 6.92 Å². The van der Waals surface area contributed by atoms with Crippen LogP contribution in [0.25, 0.3) is 61.8 Å². The molecule has 0 bridgehead atoms. The fourth-order valence-electron chi connectivity index (χ4n) is 4.49. The quantitative estimate of drug-likeness (QED) is 0.304. The lowest BCUT2D eigenvalue weighted by Gasteiger charge is -2.10. The predicted octanol–water partition coefficient (Wildman–Crippen LogP) is 6.90. The SMILES string of the molecule is C/C=C(\N)n1c2ccccc2c2ccc(-c3nc(-c4ccccc4)nc(-c4cccc(F)c4)n3)cc21. The fourth-order valence-corrected chi connectivity index (χ4v) is 4.49. The lowest BCUT2D eigenvalue weighted by Crippen LogP contribution is -2.05. The van der Waals surface area contributed by atoms with Crippen molar-refractivity contribution < 1.29 is 4.39 Å². The van der Waals surface area contributed by atoms with Crippen molar-refractivity contribution in [3.8, 4) is 34.2 Å². The third-order valence-corrected chi connectivity index (χ3v) is 6.24. The zero-order chi connectivity index (χ0) is 24.6. The summed E-state index contributed by atoms with van der Waals surface area (Å²) in [6.45, 7) is 1.92. The maximum Gasteiger partial charge on any atom is 0.164 e. The van der Waals surface area contributed by atoms with E-state index in [2.05, 4.69) is 23.2 Å². The Morgan fingerprint density at radius 1 is 0.667 bits per heavy atom. The van der Waals surface area contributed by atoms with Crippen molar-refractivity contribution in [2.24, 2.45) is 5.73 Å². The maximum absolute atomic E-state index is 14.0. The molecule has 2 N–H and O–H groups in total. The number of nitrogens with zero attached hydrogens (tertiary/aromatic N) is 4. The van der Waals surface area contributed by atoms with E-state index in [-0.39, 0.29) is 5.82 Å². The number of aromatic nitrogens is 4. The molecule has 0 saturated carbocycles. The number of hydrogen-bond acceptors (Lipinski definition) is 4. The van der Waals surface area contributed by atoms with Crippen LogP contribution in [0, 0.1) is 5.82 Å². The summed E-state index contributed by atoms with van der Waals surface area (Å²) in [5.74, 6) is 1.73. The topological polar surface area (TPSA) is 69.6 Å². The minimum atomic E-state index is -0.344. The Morgan fingerprint density at radius 3 is 2.00 bits per heavy atom. The molecule has 36 heavy (non-hydrogen) atoms. The van der Waals surface area contributed by atoms with Crippen LogP contribution in [0.4, 0.5) is 4.39 Å². The molecule has 0 aliphatic carbocycles. The molecule has 174 valence electrons. The van der Waals surface area contributed by atoms with E-state index in [1.54, 1.807) is 12.1 Å². The second-order valence-electron chi connectivity index (χ2n) is 8.48. The van der Waals surface area contributed by atoms with E-state index >= 15 is 0 Å². The van der Waals surface area contributed by atoms with Gasteiger partial charge >= 0.3 is 0 Å². The Hall–Kier alpha value is -4.84. The van der Waals surface area contributed by atoms with Gasteiger partial charge in [0.15, 0.2) is 17.5 Å². The van der Waals surface area contributed by atoms with Crippen molar-refractivity contribution >= 4 is 27.6 Å². The first-order valence-electron chi connectivity index (χ1n) is 11.7. The summed E-state index contributed by atoms with van der Waals surface area (Å²) >= 11 is 0. The average Bonchev–Trinajstić information content (AvgIpc) is 3.26. The predicted molar refractivity (Wildman–Crippen MR) is 143 cm³/mol. The molecule has 6 aromatic rings. The minimum Gasteiger partial charge on any atom is -0.385 e. The molecule has 4 aromatic carbocycles. The molecule has 0 fully saturated rings. The van der Waals surface area contributed by atoms with Gasteiger partial charge < -0.3 is 5.73 Å². The van der Waals surface area contributed by atoms with Crippen LogP contribution in [0.2, 0.25) is 0 Å². The molecule has 2 aromatic heterocycles. The van der Waals surface area contributed by atoms with E-state index in [0.29, 0.717) is 28.9 Å². The van der Waals surface area contributed by atoms with E-state index in [4.69, 9.17) is 15.7 Å². The first-order valence-corrected chi connectivity index (χ1v) is 11.7. The normalized spacial score (nSPS) is 11.9. The van der Waals surface area contributed by atoms with Gasteiger partial charge in [-0.05, 0) is 37.3 Å². The van der Waals surface area contributed by atoms with Gasteiger partial charge in [0.05, 0.1) is 11.0 Å². The number of fused-ring (bicyclic) bond motifs is 3. The first-order chi connectivity index (χ1) is 17.6. The van der Waals surface area contributed by atoms with Crippen LogP contribution in [0.5, 0.6) is 0 Å². The largest absolute Gasteiger partial charge is 0.385 e. The number of benzene rings is 4. The Morgan fingerprint density at radius 2 is 1.28 bits per heavy atom. The Balaban J connectivity index is 1.61. The van der Waals surface area contributed by atoms with E-state index in [9.17, 15) is 4.39 Å². The van der Waals surface area contributed by atoms with Crippen LogP contribution in [0.3, 0.4) is 0 Å². The standard InChI is InChI=1S/C30H22FN5/c1-2-27(32)36-25-14-7-6-13-23(25)24-16-15-21(18-26(24)36)30-34-28(19-9-4-3-5-10-19)33-29(35-30)20-11-8-12-22(31)17-20/h2-18H,32H2,1H3/b27-2+. The second-order valence-corrected chi connectivity index (χ2v) is 8.48.